The van der Waals surface area contributed by atoms with E-state index >= 15 is 0 Å². The minimum absolute atomic E-state index is 0.0257. The average Bonchev–Trinajstić information content (AvgIpc) is 3.43. The SMILES string of the molecule is CCN(CC)C(=O)NC1CCCCCC=CC2CC2(C(N)=O)NC(=O)C2CC(Oc3cc(-c4nc(C(F)(F)F)cs4)nc4c(Cl)c(OC)ccc34)CN2C1=O. The molecule has 2 fully saturated rings. The topological polar surface area (TPSA) is 169 Å². The van der Waals surface area contributed by atoms with E-state index in [1.165, 1.54) is 18.1 Å². The number of nitrogens with zero attached hydrogens (tertiary/aromatic N) is 4. The fourth-order valence-corrected chi connectivity index (χ4v) is 8.29. The lowest BCUT2D eigenvalue weighted by atomic mass is 10.0. The van der Waals surface area contributed by atoms with Crippen LogP contribution in [0.5, 0.6) is 11.5 Å². The van der Waals surface area contributed by atoms with Crippen molar-refractivity contribution in [1.29, 1.82) is 0 Å². The van der Waals surface area contributed by atoms with Crippen molar-refractivity contribution in [2.45, 2.75) is 88.7 Å². The summed E-state index contributed by atoms with van der Waals surface area (Å²) in [6.45, 7) is 4.41. The number of rotatable bonds is 8. The maximum absolute atomic E-state index is 14.5. The van der Waals surface area contributed by atoms with Gasteiger partial charge in [0.1, 0.15) is 50.9 Å². The van der Waals surface area contributed by atoms with E-state index in [2.05, 4.69) is 20.6 Å². The number of hydrogen-bond donors (Lipinski definition) is 3. The molecule has 4 N–H and O–H groups in total. The van der Waals surface area contributed by atoms with Gasteiger partial charge in [-0.1, -0.05) is 36.6 Å². The number of benzene rings is 1. The van der Waals surface area contributed by atoms with Crippen molar-refractivity contribution in [1.82, 2.24) is 30.4 Å². The molecule has 5 amide bonds. The third-order valence-electron chi connectivity index (χ3n) is 10.4. The largest absolute Gasteiger partial charge is 0.495 e. The van der Waals surface area contributed by atoms with E-state index in [0.717, 1.165) is 36.0 Å². The van der Waals surface area contributed by atoms with Gasteiger partial charge in [0.15, 0.2) is 5.69 Å². The van der Waals surface area contributed by atoms with Gasteiger partial charge in [-0.05, 0) is 51.7 Å². The van der Waals surface area contributed by atoms with Gasteiger partial charge in [-0.15, -0.1) is 11.3 Å². The number of primary amides is 1. The van der Waals surface area contributed by atoms with Crippen molar-refractivity contribution in [2.24, 2.45) is 11.7 Å². The normalized spacial score (nSPS) is 24.6. The summed E-state index contributed by atoms with van der Waals surface area (Å²) in [7, 11) is 1.41. The number of aromatic nitrogens is 2. The highest BCUT2D eigenvalue weighted by atomic mass is 35.5. The lowest BCUT2D eigenvalue weighted by molar-refractivity contribution is -0.141. The molecule has 1 aromatic carbocycles. The minimum Gasteiger partial charge on any atom is -0.495 e. The first-order valence-electron chi connectivity index (χ1n) is 18.2. The quantitative estimate of drug-likeness (QED) is 0.244. The Labute approximate surface area is 324 Å². The van der Waals surface area contributed by atoms with Crippen LogP contribution in [-0.4, -0.2) is 94.0 Å². The number of nitrogens with two attached hydrogens (primary N) is 1. The van der Waals surface area contributed by atoms with Gasteiger partial charge in [0.05, 0.1) is 19.2 Å². The molecular weight excluding hydrogens is 763 g/mol. The molecule has 1 saturated carbocycles. The van der Waals surface area contributed by atoms with Crippen LogP contribution >= 0.6 is 22.9 Å². The molecule has 1 aliphatic carbocycles. The molecule has 2 aromatic heterocycles. The van der Waals surface area contributed by atoms with Gasteiger partial charge in [-0.3, -0.25) is 14.4 Å². The van der Waals surface area contributed by atoms with E-state index in [1.807, 2.05) is 26.0 Å². The second kappa shape index (κ2) is 16.2. The second-order valence-electron chi connectivity index (χ2n) is 13.9. The average molecular weight is 806 g/mol. The number of amides is 5. The first kappa shape index (κ1) is 40.0. The highest BCUT2D eigenvalue weighted by Crippen LogP contribution is 2.45. The Kier molecular flexibility index (Phi) is 11.8. The zero-order valence-corrected chi connectivity index (χ0v) is 32.2. The van der Waals surface area contributed by atoms with Gasteiger partial charge in [0.2, 0.25) is 17.7 Å². The molecule has 0 spiro atoms. The third kappa shape index (κ3) is 8.32. The lowest BCUT2D eigenvalue weighted by Crippen LogP contribution is -2.58. The van der Waals surface area contributed by atoms with Gasteiger partial charge < -0.3 is 35.6 Å². The number of halogens is 4. The molecule has 296 valence electrons. The molecule has 18 heteroatoms. The smallest absolute Gasteiger partial charge is 0.434 e. The molecular formula is C37H43ClF3N7O6S. The van der Waals surface area contributed by atoms with Crippen LogP contribution in [0.4, 0.5) is 18.0 Å². The number of ether oxygens (including phenoxy) is 2. The Bertz CT molecular complexity index is 1990. The molecule has 3 aromatic rings. The van der Waals surface area contributed by atoms with Crippen molar-refractivity contribution in [2.75, 3.05) is 26.7 Å². The van der Waals surface area contributed by atoms with Crippen LogP contribution in [0.2, 0.25) is 5.02 Å². The molecule has 3 aliphatic rings. The molecule has 5 atom stereocenters. The fourth-order valence-electron chi connectivity index (χ4n) is 7.22. The first-order valence-corrected chi connectivity index (χ1v) is 19.5. The van der Waals surface area contributed by atoms with Crippen molar-refractivity contribution in [3.05, 3.63) is 46.4 Å². The third-order valence-corrected chi connectivity index (χ3v) is 11.6. The number of fused-ring (bicyclic) bond motifs is 3. The van der Waals surface area contributed by atoms with Crippen LogP contribution in [0.15, 0.2) is 35.7 Å². The van der Waals surface area contributed by atoms with Gasteiger partial charge >= 0.3 is 12.2 Å². The summed E-state index contributed by atoms with van der Waals surface area (Å²) in [4.78, 5) is 65.9. The van der Waals surface area contributed by atoms with Gasteiger partial charge in [-0.2, -0.15) is 13.2 Å². The number of hydrogen-bond acceptors (Lipinski definition) is 9. The van der Waals surface area contributed by atoms with E-state index < -0.39 is 59.3 Å². The van der Waals surface area contributed by atoms with Crippen LogP contribution in [-0.2, 0) is 20.6 Å². The molecule has 2 aliphatic heterocycles. The number of carbonyl (C=O) groups is 4. The van der Waals surface area contributed by atoms with Gasteiger partial charge in [-0.25, -0.2) is 14.8 Å². The number of nitrogens with one attached hydrogen (secondary N) is 2. The van der Waals surface area contributed by atoms with Gasteiger partial charge in [0.25, 0.3) is 0 Å². The van der Waals surface area contributed by atoms with E-state index in [1.54, 1.807) is 17.0 Å². The highest BCUT2D eigenvalue weighted by molar-refractivity contribution is 7.13. The number of urea groups is 1. The fraction of sp³-hybridized carbons (Fsp3) is 0.514. The maximum Gasteiger partial charge on any atom is 0.434 e. The first-order chi connectivity index (χ1) is 26.2. The summed E-state index contributed by atoms with van der Waals surface area (Å²) in [6.07, 6.45) is 1.95. The van der Waals surface area contributed by atoms with Crippen molar-refractivity contribution in [3.8, 4) is 22.2 Å². The number of alkyl halides is 3. The van der Waals surface area contributed by atoms with E-state index in [4.69, 9.17) is 26.8 Å². The van der Waals surface area contributed by atoms with Gasteiger partial charge in [0, 0.05) is 42.3 Å². The number of thiazole rings is 1. The Morgan fingerprint density at radius 3 is 2.60 bits per heavy atom. The summed E-state index contributed by atoms with van der Waals surface area (Å²) in [5.41, 5.74) is 3.66. The Morgan fingerprint density at radius 1 is 1.16 bits per heavy atom. The monoisotopic (exact) mass is 805 g/mol. The number of allylic oxidation sites excluding steroid dienone is 1. The van der Waals surface area contributed by atoms with Crippen molar-refractivity contribution < 1.29 is 41.8 Å². The van der Waals surface area contributed by atoms with E-state index in [0.29, 0.717) is 37.7 Å². The number of pyridine rings is 1. The maximum atomic E-state index is 14.5. The lowest BCUT2D eigenvalue weighted by Gasteiger charge is -2.30. The summed E-state index contributed by atoms with van der Waals surface area (Å²) in [5, 5.41) is 7.07. The van der Waals surface area contributed by atoms with Crippen LogP contribution in [0, 0.1) is 5.92 Å². The van der Waals surface area contributed by atoms with Crippen LogP contribution in [0.3, 0.4) is 0 Å². The molecule has 13 nitrogen and oxygen atoms in total. The Morgan fingerprint density at radius 2 is 1.93 bits per heavy atom. The highest BCUT2D eigenvalue weighted by Gasteiger charge is 2.60. The molecule has 0 radical (unpaired) electrons. The Balaban J connectivity index is 1.38. The second-order valence-corrected chi connectivity index (χ2v) is 15.1. The molecule has 1 saturated heterocycles. The zero-order chi connectivity index (χ0) is 39.7. The minimum atomic E-state index is -4.68. The predicted octanol–water partition coefficient (Wildman–Crippen LogP) is 5.69. The summed E-state index contributed by atoms with van der Waals surface area (Å²) < 4.78 is 52.4. The number of methoxy groups -OCH3 is 1. The number of carbonyl (C=O) groups excluding carboxylic acids is 4. The molecule has 6 rings (SSSR count). The van der Waals surface area contributed by atoms with E-state index in [9.17, 15) is 32.3 Å². The molecule has 5 unspecified atom stereocenters. The summed E-state index contributed by atoms with van der Waals surface area (Å²) in [5.74, 6) is -1.65. The van der Waals surface area contributed by atoms with Crippen LogP contribution in [0.25, 0.3) is 21.6 Å². The summed E-state index contributed by atoms with van der Waals surface area (Å²) >= 11 is 7.41. The van der Waals surface area contributed by atoms with Crippen molar-refractivity contribution >= 4 is 57.6 Å². The molecule has 0 bridgehead atoms. The summed E-state index contributed by atoms with van der Waals surface area (Å²) in [6, 6.07) is 2.17. The predicted molar refractivity (Wildman–Crippen MR) is 200 cm³/mol. The standard InChI is InChI=1S/C37H43ClF3N7O6S/c1-4-47(5-2)35(52)44-23-12-10-8-6-7-9-11-20-17-36(20,34(42)51)46-31(49)25-15-21(18-48(25)33(23)50)54-27-16-24(32-45-28(19-55-32)37(39,40)41)43-30-22(27)13-14-26(53-3)29(30)38/h9,11,13-14,16,19-21,23,25H,4-8,10,12,15,17-18H2,1-3H3,(H2,42,51)(H,44,52)(H,46,49). The zero-order valence-electron chi connectivity index (χ0n) is 30.6. The van der Waals surface area contributed by atoms with Crippen LogP contribution in [0.1, 0.15) is 64.5 Å². The van der Waals surface area contributed by atoms with Crippen LogP contribution < -0.4 is 25.8 Å². The molecule has 4 heterocycles. The molecule has 55 heavy (non-hydrogen) atoms. The van der Waals surface area contributed by atoms with Crippen molar-refractivity contribution in [3.63, 3.8) is 0 Å². The van der Waals surface area contributed by atoms with E-state index in [-0.39, 0.29) is 51.6 Å². The Hall–Kier alpha value is -4.64.